The molecule has 2 aromatic heterocycles. The van der Waals surface area contributed by atoms with Gasteiger partial charge in [-0.05, 0) is 38.0 Å². The highest BCUT2D eigenvalue weighted by atomic mass is 16.5. The molecule has 0 fully saturated rings. The summed E-state index contributed by atoms with van der Waals surface area (Å²) in [7, 11) is 1.96. The van der Waals surface area contributed by atoms with Crippen LogP contribution in [0.15, 0.2) is 41.5 Å². The monoisotopic (exact) mass is 395 g/mol. The van der Waals surface area contributed by atoms with Gasteiger partial charge in [0.1, 0.15) is 5.82 Å². The van der Waals surface area contributed by atoms with Crippen LogP contribution >= 0.6 is 0 Å². The molecule has 8 nitrogen and oxygen atoms in total. The van der Waals surface area contributed by atoms with Gasteiger partial charge in [-0.1, -0.05) is 18.2 Å². The summed E-state index contributed by atoms with van der Waals surface area (Å²) in [6.07, 6.45) is 2.74. The third-order valence-electron chi connectivity index (χ3n) is 4.71. The molecule has 0 aliphatic rings. The Kier molecular flexibility index (Phi) is 7.52. The highest BCUT2D eigenvalue weighted by Gasteiger charge is 2.07. The molecular weight excluding hydrogens is 366 g/mol. The van der Waals surface area contributed by atoms with Gasteiger partial charge in [0.05, 0.1) is 18.6 Å². The Hall–Kier alpha value is -3.00. The van der Waals surface area contributed by atoms with Crippen molar-refractivity contribution in [1.29, 1.82) is 0 Å². The second-order valence-electron chi connectivity index (χ2n) is 6.71. The van der Waals surface area contributed by atoms with Crippen LogP contribution in [-0.4, -0.2) is 45.5 Å². The molecule has 3 rings (SSSR count). The van der Waals surface area contributed by atoms with Crippen molar-refractivity contribution < 1.29 is 4.74 Å². The largest absolute Gasteiger partial charge is 0.382 e. The summed E-state index contributed by atoms with van der Waals surface area (Å²) in [6.45, 7) is 7.29. The molecule has 3 aromatic rings. The van der Waals surface area contributed by atoms with E-state index in [-0.39, 0.29) is 0 Å². The number of aliphatic imine (C=N–C) groups is 1. The van der Waals surface area contributed by atoms with E-state index in [0.717, 1.165) is 60.3 Å². The molecule has 2 heterocycles. The molecule has 2 N–H and O–H groups in total. The molecule has 0 saturated carbocycles. The van der Waals surface area contributed by atoms with Gasteiger partial charge in [0, 0.05) is 38.4 Å². The van der Waals surface area contributed by atoms with Gasteiger partial charge in [0.2, 0.25) is 0 Å². The van der Waals surface area contributed by atoms with E-state index in [1.54, 1.807) is 0 Å². The van der Waals surface area contributed by atoms with Crippen LogP contribution in [0.3, 0.4) is 0 Å². The number of hydrogen-bond donors (Lipinski definition) is 2. The highest BCUT2D eigenvalue weighted by molar-refractivity contribution is 5.83. The van der Waals surface area contributed by atoms with E-state index >= 15 is 0 Å². The third kappa shape index (κ3) is 5.74. The van der Waals surface area contributed by atoms with Gasteiger partial charge in [0.15, 0.2) is 11.8 Å². The van der Waals surface area contributed by atoms with Gasteiger partial charge in [-0.15, -0.1) is 10.2 Å². The average Bonchev–Trinajstić information content (AvgIpc) is 3.07. The lowest BCUT2D eigenvalue weighted by atomic mass is 10.1. The fraction of sp³-hybridized carbons (Fsp3) is 0.429. The van der Waals surface area contributed by atoms with Crippen LogP contribution in [0.5, 0.6) is 0 Å². The number of hydrogen-bond acceptors (Lipinski definition) is 5. The summed E-state index contributed by atoms with van der Waals surface area (Å²) in [5.41, 5.74) is 2.12. The molecule has 0 spiro atoms. The van der Waals surface area contributed by atoms with Crippen molar-refractivity contribution in [2.24, 2.45) is 12.0 Å². The van der Waals surface area contributed by atoms with E-state index in [9.17, 15) is 0 Å². The number of fused-ring (bicyclic) bond motifs is 1. The Labute approximate surface area is 171 Å². The topological polar surface area (TPSA) is 89.2 Å². The van der Waals surface area contributed by atoms with Gasteiger partial charge in [0.25, 0.3) is 0 Å². The predicted molar refractivity (Wildman–Crippen MR) is 115 cm³/mol. The molecule has 1 aromatic carbocycles. The van der Waals surface area contributed by atoms with E-state index in [4.69, 9.17) is 9.73 Å². The van der Waals surface area contributed by atoms with E-state index in [1.165, 1.54) is 0 Å². The van der Waals surface area contributed by atoms with Crippen LogP contribution in [0.25, 0.3) is 10.9 Å². The molecule has 0 aliphatic heterocycles. The Bertz CT molecular complexity index is 946. The Morgan fingerprint density at radius 1 is 1.17 bits per heavy atom. The third-order valence-corrected chi connectivity index (χ3v) is 4.71. The van der Waals surface area contributed by atoms with Gasteiger partial charge >= 0.3 is 0 Å². The molecule has 8 heteroatoms. The van der Waals surface area contributed by atoms with Crippen molar-refractivity contribution in [2.75, 3.05) is 19.8 Å². The van der Waals surface area contributed by atoms with Crippen molar-refractivity contribution in [1.82, 2.24) is 30.4 Å². The van der Waals surface area contributed by atoms with Crippen LogP contribution in [0.1, 0.15) is 30.6 Å². The summed E-state index contributed by atoms with van der Waals surface area (Å²) in [4.78, 5) is 9.21. The Morgan fingerprint density at radius 2 is 2.03 bits per heavy atom. The maximum absolute atomic E-state index is 5.41. The number of aromatic nitrogens is 4. The predicted octanol–water partition coefficient (Wildman–Crippen LogP) is 2.33. The summed E-state index contributed by atoms with van der Waals surface area (Å²) >= 11 is 0. The normalized spacial score (nSPS) is 11.8. The van der Waals surface area contributed by atoms with Crippen LogP contribution in [0.4, 0.5) is 0 Å². The number of nitrogens with one attached hydrogen (secondary N) is 2. The summed E-state index contributed by atoms with van der Waals surface area (Å²) in [5, 5.41) is 16.2. The number of nitrogens with zero attached hydrogens (tertiary/aromatic N) is 5. The number of para-hydroxylation sites is 1. The number of rotatable bonds is 9. The minimum Gasteiger partial charge on any atom is -0.382 e. The van der Waals surface area contributed by atoms with Crippen LogP contribution < -0.4 is 10.6 Å². The minimum atomic E-state index is 0.547. The first-order chi connectivity index (χ1) is 14.2. The first kappa shape index (κ1) is 20.7. The molecule has 0 amide bonds. The van der Waals surface area contributed by atoms with Gasteiger partial charge in [-0.2, -0.15) is 0 Å². The SMILES string of the molecule is CCOCCCNC(=NCc1ccnc2ccccc12)NCc1nnc(C)n1C. The summed E-state index contributed by atoms with van der Waals surface area (Å²) < 4.78 is 7.38. The summed E-state index contributed by atoms with van der Waals surface area (Å²) in [6, 6.07) is 10.1. The summed E-state index contributed by atoms with van der Waals surface area (Å²) in [5.74, 6) is 2.48. The number of benzene rings is 1. The molecule has 0 saturated heterocycles. The van der Waals surface area contributed by atoms with E-state index in [2.05, 4.69) is 31.9 Å². The van der Waals surface area contributed by atoms with E-state index in [0.29, 0.717) is 13.1 Å². The zero-order chi connectivity index (χ0) is 20.5. The fourth-order valence-electron chi connectivity index (χ4n) is 2.92. The van der Waals surface area contributed by atoms with E-state index < -0.39 is 0 Å². The standard InChI is InChI=1S/C21H29N7O/c1-4-29-13-7-11-23-21(25-15-20-27-26-16(2)28(20)3)24-14-17-10-12-22-19-9-6-5-8-18(17)19/h5-6,8-10,12H,4,7,11,13-15H2,1-3H3,(H2,23,24,25). The number of ether oxygens (including phenoxy) is 1. The maximum atomic E-state index is 5.41. The Balaban J connectivity index is 1.69. The second kappa shape index (κ2) is 10.5. The molecule has 29 heavy (non-hydrogen) atoms. The number of aryl methyl sites for hydroxylation is 1. The molecule has 0 aliphatic carbocycles. The zero-order valence-corrected chi connectivity index (χ0v) is 17.4. The molecule has 154 valence electrons. The van der Waals surface area contributed by atoms with Crippen LogP contribution in [0.2, 0.25) is 0 Å². The van der Waals surface area contributed by atoms with E-state index in [1.807, 2.05) is 55.9 Å². The maximum Gasteiger partial charge on any atom is 0.191 e. The van der Waals surface area contributed by atoms with Gasteiger partial charge in [-0.25, -0.2) is 4.99 Å². The van der Waals surface area contributed by atoms with Gasteiger partial charge < -0.3 is 19.9 Å². The smallest absolute Gasteiger partial charge is 0.191 e. The highest BCUT2D eigenvalue weighted by Crippen LogP contribution is 2.16. The lowest BCUT2D eigenvalue weighted by Crippen LogP contribution is -2.38. The minimum absolute atomic E-state index is 0.547. The number of pyridine rings is 1. The first-order valence-corrected chi connectivity index (χ1v) is 9.96. The quantitative estimate of drug-likeness (QED) is 0.328. The molecule has 0 unspecified atom stereocenters. The fourth-order valence-corrected chi connectivity index (χ4v) is 2.92. The lowest BCUT2D eigenvalue weighted by Gasteiger charge is -2.13. The van der Waals surface area contributed by atoms with Crippen molar-refractivity contribution in [3.8, 4) is 0 Å². The van der Waals surface area contributed by atoms with Crippen LogP contribution in [-0.2, 0) is 24.9 Å². The second-order valence-corrected chi connectivity index (χ2v) is 6.71. The molecular formula is C21H29N7O. The zero-order valence-electron chi connectivity index (χ0n) is 17.4. The number of guanidine groups is 1. The van der Waals surface area contributed by atoms with Crippen molar-refractivity contribution in [2.45, 2.75) is 33.4 Å². The van der Waals surface area contributed by atoms with Crippen molar-refractivity contribution in [3.63, 3.8) is 0 Å². The van der Waals surface area contributed by atoms with Crippen molar-refractivity contribution in [3.05, 3.63) is 53.7 Å². The van der Waals surface area contributed by atoms with Crippen LogP contribution in [0, 0.1) is 6.92 Å². The molecule has 0 atom stereocenters. The van der Waals surface area contributed by atoms with Crippen molar-refractivity contribution >= 4 is 16.9 Å². The van der Waals surface area contributed by atoms with Gasteiger partial charge in [-0.3, -0.25) is 4.98 Å². The first-order valence-electron chi connectivity index (χ1n) is 9.96. The average molecular weight is 396 g/mol. The Morgan fingerprint density at radius 3 is 2.83 bits per heavy atom. The lowest BCUT2D eigenvalue weighted by molar-refractivity contribution is 0.145. The molecule has 0 bridgehead atoms. The molecule has 0 radical (unpaired) electrons.